The van der Waals surface area contributed by atoms with Crippen molar-refractivity contribution in [3.63, 3.8) is 0 Å². The van der Waals surface area contributed by atoms with E-state index in [4.69, 9.17) is 0 Å². The molecule has 0 aliphatic rings. The van der Waals surface area contributed by atoms with Crippen LogP contribution in [-0.2, 0) is 5.41 Å². The number of hydrogen-bond acceptors (Lipinski definition) is 0. The summed E-state index contributed by atoms with van der Waals surface area (Å²) < 4.78 is 0. The fourth-order valence-electron chi connectivity index (χ4n) is 2.56. The average Bonchev–Trinajstić information content (AvgIpc) is 2.16. The summed E-state index contributed by atoms with van der Waals surface area (Å²) in [6.45, 7) is 16.1. The quantitative estimate of drug-likeness (QED) is 0.629. The van der Waals surface area contributed by atoms with E-state index in [1.165, 1.54) is 17.5 Å². The lowest BCUT2D eigenvalue weighted by atomic mass is 9.74. The average molecular weight is 232 g/mol. The summed E-state index contributed by atoms with van der Waals surface area (Å²) >= 11 is 0. The normalized spacial score (nSPS) is 14.8. The van der Waals surface area contributed by atoms with Gasteiger partial charge >= 0.3 is 0 Å². The maximum absolute atomic E-state index is 2.33. The third-order valence-corrected chi connectivity index (χ3v) is 3.63. The molecule has 1 aromatic carbocycles. The molecule has 1 atom stereocenters. The van der Waals surface area contributed by atoms with Crippen LogP contribution in [0.4, 0.5) is 0 Å². The van der Waals surface area contributed by atoms with E-state index < -0.39 is 0 Å². The van der Waals surface area contributed by atoms with E-state index >= 15 is 0 Å². The Morgan fingerprint density at radius 3 is 1.65 bits per heavy atom. The molecule has 0 aliphatic carbocycles. The predicted octanol–water partition coefficient (Wildman–Crippen LogP) is 5.52. The molecule has 0 aliphatic heterocycles. The first-order valence-electron chi connectivity index (χ1n) is 6.76. The minimum atomic E-state index is 0.252. The van der Waals surface area contributed by atoms with Gasteiger partial charge in [-0.2, -0.15) is 0 Å². The summed E-state index contributed by atoms with van der Waals surface area (Å²) in [6.07, 6.45) is 1.21. The monoisotopic (exact) mass is 232 g/mol. The third kappa shape index (κ3) is 3.59. The highest BCUT2D eigenvalue weighted by Crippen LogP contribution is 2.38. The van der Waals surface area contributed by atoms with Crippen LogP contribution in [0, 0.1) is 5.41 Å². The zero-order chi connectivity index (χ0) is 13.3. The molecule has 1 rings (SSSR count). The van der Waals surface area contributed by atoms with Crippen LogP contribution < -0.4 is 0 Å². The molecule has 0 aromatic heterocycles. The summed E-state index contributed by atoms with van der Waals surface area (Å²) in [7, 11) is 0. The van der Waals surface area contributed by atoms with Crippen LogP contribution in [-0.4, -0.2) is 0 Å². The fourth-order valence-corrected chi connectivity index (χ4v) is 2.56. The van der Waals surface area contributed by atoms with Crippen molar-refractivity contribution in [3.8, 4) is 0 Å². The van der Waals surface area contributed by atoms with Crippen LogP contribution >= 0.6 is 0 Å². The predicted molar refractivity (Wildman–Crippen MR) is 77.6 cm³/mol. The molecule has 0 nitrogen and oxygen atoms in total. The van der Waals surface area contributed by atoms with E-state index in [2.05, 4.69) is 72.7 Å². The summed E-state index contributed by atoms with van der Waals surface area (Å²) in [6, 6.07) is 9.23. The van der Waals surface area contributed by atoms with Crippen molar-refractivity contribution in [2.45, 2.75) is 66.2 Å². The Balaban J connectivity index is 3.02. The number of hydrogen-bond donors (Lipinski definition) is 0. The Morgan fingerprint density at radius 1 is 0.882 bits per heavy atom. The first-order chi connectivity index (χ1) is 7.66. The topological polar surface area (TPSA) is 0 Å². The van der Waals surface area contributed by atoms with Crippen LogP contribution in [0.3, 0.4) is 0 Å². The molecule has 1 aromatic rings. The molecule has 0 spiro atoms. The Morgan fingerprint density at radius 2 is 1.35 bits per heavy atom. The van der Waals surface area contributed by atoms with Crippen molar-refractivity contribution in [1.29, 1.82) is 0 Å². The van der Waals surface area contributed by atoms with Gasteiger partial charge in [-0.15, -0.1) is 0 Å². The highest BCUT2D eigenvalue weighted by molar-refractivity contribution is 5.30. The molecular weight excluding hydrogens is 204 g/mol. The maximum Gasteiger partial charge on any atom is -0.0116 e. The van der Waals surface area contributed by atoms with Gasteiger partial charge in [0, 0.05) is 0 Å². The summed E-state index contributed by atoms with van der Waals surface area (Å²) in [5.41, 5.74) is 3.50. The van der Waals surface area contributed by atoms with Crippen molar-refractivity contribution in [1.82, 2.24) is 0 Å². The molecule has 0 bridgehead atoms. The Hall–Kier alpha value is -0.780. The molecule has 0 saturated carbocycles. The molecule has 0 fully saturated rings. The second-order valence-corrected chi connectivity index (χ2v) is 7.20. The van der Waals surface area contributed by atoms with E-state index in [0.29, 0.717) is 11.3 Å². The highest BCUT2D eigenvalue weighted by Gasteiger charge is 2.24. The number of rotatable bonds is 2. The molecule has 17 heavy (non-hydrogen) atoms. The first kappa shape index (κ1) is 14.3. The maximum atomic E-state index is 2.33. The van der Waals surface area contributed by atoms with E-state index in [1.807, 2.05) is 0 Å². The van der Waals surface area contributed by atoms with E-state index in [-0.39, 0.29) is 5.41 Å². The molecular formula is C17H28. The van der Waals surface area contributed by atoms with Gasteiger partial charge in [0.05, 0.1) is 0 Å². The molecule has 96 valence electrons. The summed E-state index contributed by atoms with van der Waals surface area (Å²) in [5.74, 6) is 0.650. The molecule has 0 heterocycles. The largest absolute Gasteiger partial charge is 0.0648 e. The molecule has 0 heteroatoms. The second kappa shape index (κ2) is 4.84. The first-order valence-corrected chi connectivity index (χ1v) is 6.76. The molecule has 0 saturated heterocycles. The third-order valence-electron chi connectivity index (χ3n) is 3.63. The van der Waals surface area contributed by atoms with Crippen molar-refractivity contribution in [2.24, 2.45) is 5.41 Å². The lowest BCUT2D eigenvalue weighted by Gasteiger charge is -2.31. The second-order valence-electron chi connectivity index (χ2n) is 7.20. The van der Waals surface area contributed by atoms with E-state index in [9.17, 15) is 0 Å². The van der Waals surface area contributed by atoms with E-state index in [0.717, 1.165) is 0 Å². The Kier molecular flexibility index (Phi) is 4.06. The zero-order valence-electron chi connectivity index (χ0n) is 12.6. The molecule has 0 amide bonds. The summed E-state index contributed by atoms with van der Waals surface area (Å²) in [5, 5.41) is 0. The minimum Gasteiger partial charge on any atom is -0.0648 e. The fraction of sp³-hybridized carbons (Fsp3) is 0.647. The van der Waals surface area contributed by atoms with Crippen LogP contribution in [0.25, 0.3) is 0 Å². The van der Waals surface area contributed by atoms with Gasteiger partial charge in [-0.05, 0) is 34.3 Å². The van der Waals surface area contributed by atoms with Crippen LogP contribution in [0.1, 0.15) is 71.9 Å². The standard InChI is InChI=1S/C17H28/c1-8-15(17(5,6)7)13-9-11-14(12-10-13)16(2,3)4/h9-12,15H,8H2,1-7H3. The van der Waals surface area contributed by atoms with Crippen molar-refractivity contribution >= 4 is 0 Å². The van der Waals surface area contributed by atoms with Gasteiger partial charge < -0.3 is 0 Å². The SMILES string of the molecule is CCC(c1ccc(C(C)(C)C)cc1)C(C)(C)C. The van der Waals surface area contributed by atoms with Gasteiger partial charge in [-0.3, -0.25) is 0 Å². The van der Waals surface area contributed by atoms with Crippen molar-refractivity contribution in [2.75, 3.05) is 0 Å². The van der Waals surface area contributed by atoms with E-state index in [1.54, 1.807) is 0 Å². The Labute approximate surface area is 107 Å². The molecule has 0 N–H and O–H groups in total. The highest BCUT2D eigenvalue weighted by atomic mass is 14.3. The zero-order valence-corrected chi connectivity index (χ0v) is 12.6. The lowest BCUT2D eigenvalue weighted by Crippen LogP contribution is -2.18. The van der Waals surface area contributed by atoms with Gasteiger partial charge in [-0.25, -0.2) is 0 Å². The Bertz CT molecular complexity index is 343. The molecule has 1 unspecified atom stereocenters. The van der Waals surface area contributed by atoms with Gasteiger partial charge in [0.2, 0.25) is 0 Å². The van der Waals surface area contributed by atoms with Gasteiger partial charge in [0.1, 0.15) is 0 Å². The van der Waals surface area contributed by atoms with Gasteiger partial charge in [0.25, 0.3) is 0 Å². The molecule has 0 radical (unpaired) electrons. The van der Waals surface area contributed by atoms with Crippen LogP contribution in [0.5, 0.6) is 0 Å². The summed E-state index contributed by atoms with van der Waals surface area (Å²) in [4.78, 5) is 0. The number of benzene rings is 1. The van der Waals surface area contributed by atoms with Crippen molar-refractivity contribution < 1.29 is 0 Å². The van der Waals surface area contributed by atoms with Crippen LogP contribution in [0.2, 0.25) is 0 Å². The smallest absolute Gasteiger partial charge is 0.0116 e. The van der Waals surface area contributed by atoms with Crippen molar-refractivity contribution in [3.05, 3.63) is 35.4 Å². The van der Waals surface area contributed by atoms with Crippen LogP contribution in [0.15, 0.2) is 24.3 Å². The van der Waals surface area contributed by atoms with Gasteiger partial charge in [-0.1, -0.05) is 72.7 Å². The van der Waals surface area contributed by atoms with Gasteiger partial charge in [0.15, 0.2) is 0 Å². The minimum absolute atomic E-state index is 0.252. The lowest BCUT2D eigenvalue weighted by molar-refractivity contribution is 0.312.